The summed E-state index contributed by atoms with van der Waals surface area (Å²) in [7, 11) is -3.52. The minimum atomic E-state index is -3.52. The summed E-state index contributed by atoms with van der Waals surface area (Å²) in [4.78, 5) is 13.9. The maximum absolute atomic E-state index is 13.7. The van der Waals surface area contributed by atoms with Gasteiger partial charge in [-0.15, -0.1) is 11.8 Å². The molecule has 1 saturated heterocycles. The Labute approximate surface area is 174 Å². The Morgan fingerprint density at radius 3 is 2.52 bits per heavy atom. The molecule has 29 heavy (non-hydrogen) atoms. The Hall–Kier alpha value is -1.90. The fourth-order valence-electron chi connectivity index (χ4n) is 3.79. The van der Waals surface area contributed by atoms with Gasteiger partial charge in [0.15, 0.2) is 0 Å². The molecule has 1 N–H and O–H groups in total. The molecule has 1 fully saturated rings. The SMILES string of the molecule is O=C(N[C@H]1CCSc2ccc(F)cc21)c1ccc(S(=O)(=O)N2CCCCC2)cc1. The standard InChI is InChI=1S/C21H23FN2O3S2/c22-16-6-9-20-18(14-16)19(10-13-28-20)23-21(25)15-4-7-17(8-5-15)29(26,27)24-11-2-1-3-12-24/h4-9,14,19H,1-3,10-13H2,(H,23,25)/t19-/m0/s1. The van der Waals surface area contributed by atoms with Crippen LogP contribution in [-0.2, 0) is 10.0 Å². The number of piperidine rings is 1. The molecule has 8 heteroatoms. The second-order valence-electron chi connectivity index (χ2n) is 7.33. The summed E-state index contributed by atoms with van der Waals surface area (Å²) in [5, 5.41) is 2.96. The number of halogens is 1. The highest BCUT2D eigenvalue weighted by Crippen LogP contribution is 2.36. The average molecular weight is 435 g/mol. The van der Waals surface area contributed by atoms with Crippen LogP contribution >= 0.6 is 11.8 Å². The van der Waals surface area contributed by atoms with Crippen molar-refractivity contribution in [2.24, 2.45) is 0 Å². The molecule has 0 aromatic heterocycles. The van der Waals surface area contributed by atoms with Crippen LogP contribution in [0.15, 0.2) is 52.3 Å². The summed E-state index contributed by atoms with van der Waals surface area (Å²) < 4.78 is 40.6. The molecule has 0 bridgehead atoms. The number of sulfonamides is 1. The van der Waals surface area contributed by atoms with Crippen molar-refractivity contribution in [2.45, 2.75) is 41.5 Å². The first-order valence-electron chi connectivity index (χ1n) is 9.78. The highest BCUT2D eigenvalue weighted by atomic mass is 32.2. The molecule has 0 radical (unpaired) electrons. The van der Waals surface area contributed by atoms with Crippen molar-refractivity contribution in [3.8, 4) is 0 Å². The zero-order chi connectivity index (χ0) is 20.4. The lowest BCUT2D eigenvalue weighted by Crippen LogP contribution is -2.35. The fourth-order valence-corrected chi connectivity index (χ4v) is 6.41. The van der Waals surface area contributed by atoms with Gasteiger partial charge in [0.05, 0.1) is 10.9 Å². The van der Waals surface area contributed by atoms with Crippen LogP contribution in [0.2, 0.25) is 0 Å². The van der Waals surface area contributed by atoms with E-state index in [1.165, 1.54) is 40.7 Å². The number of rotatable bonds is 4. The lowest BCUT2D eigenvalue weighted by atomic mass is 10.0. The second kappa shape index (κ2) is 8.45. The van der Waals surface area contributed by atoms with E-state index >= 15 is 0 Å². The molecule has 0 spiro atoms. The molecule has 1 atom stereocenters. The lowest BCUT2D eigenvalue weighted by Gasteiger charge is -2.26. The van der Waals surface area contributed by atoms with Crippen molar-refractivity contribution in [1.82, 2.24) is 9.62 Å². The summed E-state index contributed by atoms with van der Waals surface area (Å²) in [5.41, 5.74) is 1.18. The number of carbonyl (C=O) groups is 1. The Morgan fingerprint density at radius 1 is 1.07 bits per heavy atom. The second-order valence-corrected chi connectivity index (χ2v) is 10.4. The van der Waals surface area contributed by atoms with Crippen LogP contribution in [0.5, 0.6) is 0 Å². The summed E-state index contributed by atoms with van der Waals surface area (Å²) in [6, 6.07) is 10.4. The Morgan fingerprint density at radius 2 is 1.79 bits per heavy atom. The minimum absolute atomic E-state index is 0.206. The number of nitrogens with one attached hydrogen (secondary N) is 1. The molecule has 2 heterocycles. The molecule has 2 aromatic carbocycles. The molecule has 4 rings (SSSR count). The fraction of sp³-hybridized carbons (Fsp3) is 0.381. The number of nitrogens with zero attached hydrogens (tertiary/aromatic N) is 1. The van der Waals surface area contributed by atoms with Crippen LogP contribution in [0.4, 0.5) is 4.39 Å². The number of carbonyl (C=O) groups excluding carboxylic acids is 1. The van der Waals surface area contributed by atoms with Crippen molar-refractivity contribution >= 4 is 27.7 Å². The molecule has 2 aliphatic rings. The van der Waals surface area contributed by atoms with Gasteiger partial charge in [0, 0.05) is 29.3 Å². The quantitative estimate of drug-likeness (QED) is 0.791. The predicted octanol–water partition coefficient (Wildman–Crippen LogP) is 3.97. The van der Waals surface area contributed by atoms with Gasteiger partial charge in [-0.25, -0.2) is 12.8 Å². The monoisotopic (exact) mass is 434 g/mol. The van der Waals surface area contributed by atoms with Crippen LogP contribution in [0.25, 0.3) is 0 Å². The van der Waals surface area contributed by atoms with E-state index in [-0.39, 0.29) is 22.7 Å². The number of benzene rings is 2. The first-order chi connectivity index (χ1) is 13.9. The first-order valence-corrected chi connectivity index (χ1v) is 12.2. The molecule has 2 aromatic rings. The average Bonchev–Trinajstić information content (AvgIpc) is 2.75. The molecule has 5 nitrogen and oxygen atoms in total. The summed E-state index contributed by atoms with van der Waals surface area (Å²) in [6.45, 7) is 1.08. The van der Waals surface area contributed by atoms with Gasteiger partial charge in [-0.05, 0) is 67.3 Å². The minimum Gasteiger partial charge on any atom is -0.345 e. The Kier molecular flexibility index (Phi) is 5.94. The first kappa shape index (κ1) is 20.4. The van der Waals surface area contributed by atoms with Gasteiger partial charge < -0.3 is 5.32 Å². The van der Waals surface area contributed by atoms with Crippen molar-refractivity contribution in [3.63, 3.8) is 0 Å². The topological polar surface area (TPSA) is 66.5 Å². The van der Waals surface area contributed by atoms with E-state index in [1.807, 2.05) is 0 Å². The zero-order valence-electron chi connectivity index (χ0n) is 15.9. The molecule has 154 valence electrons. The van der Waals surface area contributed by atoms with Crippen LogP contribution < -0.4 is 5.32 Å². The Bertz CT molecular complexity index is 1000. The molecule has 0 unspecified atom stereocenters. The highest BCUT2D eigenvalue weighted by Gasteiger charge is 2.27. The van der Waals surface area contributed by atoms with Gasteiger partial charge in [0.25, 0.3) is 5.91 Å². The number of hydrogen-bond donors (Lipinski definition) is 1. The lowest BCUT2D eigenvalue weighted by molar-refractivity contribution is 0.0934. The summed E-state index contributed by atoms with van der Waals surface area (Å²) in [5.74, 6) is 0.230. The van der Waals surface area contributed by atoms with Crippen molar-refractivity contribution in [1.29, 1.82) is 0 Å². The van der Waals surface area contributed by atoms with E-state index in [0.29, 0.717) is 25.1 Å². The van der Waals surface area contributed by atoms with E-state index in [9.17, 15) is 17.6 Å². The number of amides is 1. The van der Waals surface area contributed by atoms with Crippen LogP contribution in [0.3, 0.4) is 0 Å². The smallest absolute Gasteiger partial charge is 0.251 e. The van der Waals surface area contributed by atoms with Gasteiger partial charge in [0.2, 0.25) is 10.0 Å². The number of hydrogen-bond acceptors (Lipinski definition) is 4. The van der Waals surface area contributed by atoms with Gasteiger partial charge in [-0.1, -0.05) is 6.42 Å². The maximum atomic E-state index is 13.7. The molecular weight excluding hydrogens is 411 g/mol. The maximum Gasteiger partial charge on any atom is 0.251 e. The summed E-state index contributed by atoms with van der Waals surface area (Å²) >= 11 is 1.65. The zero-order valence-corrected chi connectivity index (χ0v) is 17.6. The summed E-state index contributed by atoms with van der Waals surface area (Å²) in [6.07, 6.45) is 3.52. The van der Waals surface area contributed by atoms with Crippen molar-refractivity contribution < 1.29 is 17.6 Å². The van der Waals surface area contributed by atoms with Crippen LogP contribution in [-0.4, -0.2) is 37.5 Å². The highest BCUT2D eigenvalue weighted by molar-refractivity contribution is 7.99. The third kappa shape index (κ3) is 4.34. The predicted molar refractivity (Wildman–Crippen MR) is 111 cm³/mol. The van der Waals surface area contributed by atoms with E-state index < -0.39 is 10.0 Å². The van der Waals surface area contributed by atoms with Gasteiger partial charge in [0.1, 0.15) is 5.82 Å². The third-order valence-corrected chi connectivity index (χ3v) is 8.42. The molecule has 1 amide bonds. The van der Waals surface area contributed by atoms with E-state index in [1.54, 1.807) is 17.8 Å². The van der Waals surface area contributed by atoms with Crippen molar-refractivity contribution in [3.05, 3.63) is 59.4 Å². The van der Waals surface area contributed by atoms with E-state index in [0.717, 1.165) is 35.5 Å². The van der Waals surface area contributed by atoms with Crippen LogP contribution in [0, 0.1) is 5.82 Å². The van der Waals surface area contributed by atoms with Gasteiger partial charge >= 0.3 is 0 Å². The normalized spacial score (nSPS) is 20.1. The largest absolute Gasteiger partial charge is 0.345 e. The van der Waals surface area contributed by atoms with Gasteiger partial charge in [-0.3, -0.25) is 4.79 Å². The number of fused-ring (bicyclic) bond motifs is 1. The van der Waals surface area contributed by atoms with E-state index in [2.05, 4.69) is 5.32 Å². The molecule has 0 aliphatic carbocycles. The Balaban J connectivity index is 1.49. The molecular formula is C21H23FN2O3S2. The van der Waals surface area contributed by atoms with E-state index in [4.69, 9.17) is 0 Å². The third-order valence-electron chi connectivity index (χ3n) is 5.39. The van der Waals surface area contributed by atoms with Crippen molar-refractivity contribution in [2.75, 3.05) is 18.8 Å². The number of thioether (sulfide) groups is 1. The van der Waals surface area contributed by atoms with Crippen LogP contribution in [0.1, 0.15) is 47.6 Å². The molecule has 0 saturated carbocycles. The van der Waals surface area contributed by atoms with Gasteiger partial charge in [-0.2, -0.15) is 4.31 Å². The molecule has 2 aliphatic heterocycles.